The van der Waals surface area contributed by atoms with Gasteiger partial charge in [0.25, 0.3) is 0 Å². The van der Waals surface area contributed by atoms with Crippen molar-refractivity contribution in [1.29, 1.82) is 0 Å². The minimum atomic E-state index is -0.272. The van der Waals surface area contributed by atoms with Crippen molar-refractivity contribution in [3.05, 3.63) is 71.5 Å². The van der Waals surface area contributed by atoms with Gasteiger partial charge in [-0.1, -0.05) is 55.0 Å². The molecule has 3 rings (SSSR count). The predicted molar refractivity (Wildman–Crippen MR) is 97.0 cm³/mol. The molecule has 132 valence electrons. The van der Waals surface area contributed by atoms with E-state index in [1.54, 1.807) is 23.1 Å². The number of carbonyl (C=O) groups is 1. The summed E-state index contributed by atoms with van der Waals surface area (Å²) >= 11 is 0. The van der Waals surface area contributed by atoms with E-state index < -0.39 is 0 Å². The zero-order valence-corrected chi connectivity index (χ0v) is 14.4. The molecule has 0 radical (unpaired) electrons. The Morgan fingerprint density at radius 3 is 2.44 bits per heavy atom. The molecule has 3 nitrogen and oxygen atoms in total. The molecule has 2 atom stereocenters. The molecule has 2 N–H and O–H groups in total. The summed E-state index contributed by atoms with van der Waals surface area (Å²) in [7, 11) is 0. The molecule has 0 unspecified atom stereocenters. The van der Waals surface area contributed by atoms with Crippen LogP contribution in [0.3, 0.4) is 0 Å². The minimum absolute atomic E-state index is 0.0504. The normalized spacial score (nSPS) is 19.8. The molecule has 0 heterocycles. The smallest absolute Gasteiger partial charge is 0.223 e. The lowest BCUT2D eigenvalue weighted by atomic mass is 9.99. The molecule has 0 bridgehead atoms. The molecule has 0 saturated heterocycles. The molecule has 2 aromatic carbocycles. The fourth-order valence-corrected chi connectivity index (χ4v) is 3.54. The van der Waals surface area contributed by atoms with Crippen LogP contribution in [0.25, 0.3) is 0 Å². The van der Waals surface area contributed by atoms with E-state index in [9.17, 15) is 9.18 Å². The van der Waals surface area contributed by atoms with E-state index in [0.29, 0.717) is 18.5 Å². The van der Waals surface area contributed by atoms with Crippen molar-refractivity contribution in [2.45, 2.75) is 44.8 Å². The average molecular weight is 340 g/mol. The van der Waals surface area contributed by atoms with Crippen molar-refractivity contribution in [1.82, 2.24) is 4.90 Å². The van der Waals surface area contributed by atoms with Crippen LogP contribution in [0, 0.1) is 11.7 Å². The van der Waals surface area contributed by atoms with E-state index in [4.69, 9.17) is 5.73 Å². The van der Waals surface area contributed by atoms with Gasteiger partial charge in [0, 0.05) is 31.1 Å². The highest BCUT2D eigenvalue weighted by molar-refractivity contribution is 5.76. The second-order valence-electron chi connectivity index (χ2n) is 6.89. The largest absolute Gasteiger partial charge is 0.334 e. The van der Waals surface area contributed by atoms with Crippen LogP contribution in [0.2, 0.25) is 0 Å². The van der Waals surface area contributed by atoms with Crippen molar-refractivity contribution in [2.75, 3.05) is 0 Å². The second-order valence-corrected chi connectivity index (χ2v) is 6.89. The maximum absolute atomic E-state index is 14.1. The third kappa shape index (κ3) is 4.67. The van der Waals surface area contributed by atoms with E-state index in [1.165, 1.54) is 6.07 Å². The summed E-state index contributed by atoms with van der Waals surface area (Å²) in [5, 5.41) is 0. The van der Waals surface area contributed by atoms with Crippen molar-refractivity contribution in [3.8, 4) is 0 Å². The molecular formula is C21H25FN2O. The molecule has 0 aliphatic heterocycles. The van der Waals surface area contributed by atoms with E-state index in [0.717, 1.165) is 24.8 Å². The summed E-state index contributed by atoms with van der Waals surface area (Å²) in [6.07, 6.45) is 3.53. The Kier molecular flexibility index (Phi) is 5.82. The quantitative estimate of drug-likeness (QED) is 0.867. The molecule has 1 aliphatic carbocycles. The van der Waals surface area contributed by atoms with Crippen LogP contribution < -0.4 is 5.73 Å². The lowest BCUT2D eigenvalue weighted by molar-refractivity contribution is -0.133. The van der Waals surface area contributed by atoms with Crippen molar-refractivity contribution < 1.29 is 9.18 Å². The number of hydrogen-bond acceptors (Lipinski definition) is 2. The van der Waals surface area contributed by atoms with Gasteiger partial charge in [-0.25, -0.2) is 4.39 Å². The van der Waals surface area contributed by atoms with Gasteiger partial charge in [0.2, 0.25) is 5.91 Å². The van der Waals surface area contributed by atoms with Crippen molar-refractivity contribution in [2.24, 2.45) is 11.7 Å². The number of halogens is 1. The lowest BCUT2D eigenvalue weighted by Gasteiger charge is -2.26. The average Bonchev–Trinajstić information content (AvgIpc) is 3.02. The Morgan fingerprint density at radius 2 is 1.76 bits per heavy atom. The van der Waals surface area contributed by atoms with Crippen molar-refractivity contribution >= 4 is 5.91 Å². The molecule has 0 aromatic heterocycles. The van der Waals surface area contributed by atoms with Gasteiger partial charge in [-0.2, -0.15) is 0 Å². The number of nitrogens with two attached hydrogens (primary N) is 1. The van der Waals surface area contributed by atoms with Crippen LogP contribution in [0.5, 0.6) is 0 Å². The number of hydrogen-bond donors (Lipinski definition) is 1. The summed E-state index contributed by atoms with van der Waals surface area (Å²) in [6.45, 7) is 0.762. The van der Waals surface area contributed by atoms with Gasteiger partial charge in [0.15, 0.2) is 0 Å². The summed E-state index contributed by atoms with van der Waals surface area (Å²) in [6, 6.07) is 16.6. The zero-order chi connectivity index (χ0) is 17.6. The third-order valence-corrected chi connectivity index (χ3v) is 5.04. The molecule has 1 aliphatic rings. The van der Waals surface area contributed by atoms with Gasteiger partial charge in [0.1, 0.15) is 5.82 Å². The van der Waals surface area contributed by atoms with Crippen LogP contribution in [-0.2, 0) is 17.9 Å². The van der Waals surface area contributed by atoms with E-state index in [1.807, 2.05) is 30.3 Å². The Bertz CT molecular complexity index is 704. The predicted octanol–water partition coefficient (Wildman–Crippen LogP) is 3.87. The van der Waals surface area contributed by atoms with E-state index in [-0.39, 0.29) is 30.2 Å². The molecule has 0 spiro atoms. The maximum Gasteiger partial charge on any atom is 0.223 e. The van der Waals surface area contributed by atoms with Crippen LogP contribution in [0.15, 0.2) is 54.6 Å². The number of amides is 1. The standard InChI is InChI=1S/C21H25FN2O/c22-19-11-5-4-9-18(19)15-24(14-16-7-2-1-3-8-16)21(25)13-17-10-6-12-20(17)23/h1-5,7-9,11,17,20H,6,10,12-15,23H2/t17-,20+/m0/s1. The lowest BCUT2D eigenvalue weighted by Crippen LogP contribution is -2.35. The number of benzene rings is 2. The first-order valence-corrected chi connectivity index (χ1v) is 8.94. The fourth-order valence-electron chi connectivity index (χ4n) is 3.54. The van der Waals surface area contributed by atoms with Gasteiger partial charge in [-0.15, -0.1) is 0 Å². The van der Waals surface area contributed by atoms with E-state index >= 15 is 0 Å². The molecule has 1 fully saturated rings. The van der Waals surface area contributed by atoms with Crippen LogP contribution in [-0.4, -0.2) is 16.8 Å². The first kappa shape index (κ1) is 17.6. The van der Waals surface area contributed by atoms with Gasteiger partial charge in [-0.05, 0) is 30.4 Å². The van der Waals surface area contributed by atoms with Crippen molar-refractivity contribution in [3.63, 3.8) is 0 Å². The monoisotopic (exact) mass is 340 g/mol. The minimum Gasteiger partial charge on any atom is -0.334 e. The number of rotatable bonds is 6. The molecule has 2 aromatic rings. The first-order chi connectivity index (χ1) is 12.1. The Balaban J connectivity index is 1.75. The van der Waals surface area contributed by atoms with Gasteiger partial charge < -0.3 is 10.6 Å². The Hall–Kier alpha value is -2.20. The Morgan fingerprint density at radius 1 is 1.04 bits per heavy atom. The Labute approximate surface area is 148 Å². The van der Waals surface area contributed by atoms with Gasteiger partial charge >= 0.3 is 0 Å². The SMILES string of the molecule is N[C@@H]1CCC[C@H]1CC(=O)N(Cc1ccccc1)Cc1ccccc1F. The fraction of sp³-hybridized carbons (Fsp3) is 0.381. The zero-order valence-electron chi connectivity index (χ0n) is 14.4. The molecule has 25 heavy (non-hydrogen) atoms. The summed E-state index contributed by atoms with van der Waals surface area (Å²) in [5.74, 6) is 0.0202. The summed E-state index contributed by atoms with van der Waals surface area (Å²) in [5.41, 5.74) is 7.71. The van der Waals surface area contributed by atoms with Gasteiger partial charge in [-0.3, -0.25) is 4.79 Å². The topological polar surface area (TPSA) is 46.3 Å². The van der Waals surface area contributed by atoms with Crippen LogP contribution in [0.1, 0.15) is 36.8 Å². The molecular weight excluding hydrogens is 315 g/mol. The number of carbonyl (C=O) groups excluding carboxylic acids is 1. The van der Waals surface area contributed by atoms with E-state index in [2.05, 4.69) is 0 Å². The third-order valence-electron chi connectivity index (χ3n) is 5.04. The summed E-state index contributed by atoms with van der Waals surface area (Å²) in [4.78, 5) is 14.7. The molecule has 1 amide bonds. The maximum atomic E-state index is 14.1. The highest BCUT2D eigenvalue weighted by atomic mass is 19.1. The highest BCUT2D eigenvalue weighted by Gasteiger charge is 2.28. The number of nitrogens with zero attached hydrogens (tertiary/aromatic N) is 1. The summed E-state index contributed by atoms with van der Waals surface area (Å²) < 4.78 is 14.1. The highest BCUT2D eigenvalue weighted by Crippen LogP contribution is 2.28. The van der Waals surface area contributed by atoms with Gasteiger partial charge in [0.05, 0.1) is 0 Å². The second kappa shape index (κ2) is 8.26. The van der Waals surface area contributed by atoms with Crippen LogP contribution in [0.4, 0.5) is 4.39 Å². The molecule has 1 saturated carbocycles. The van der Waals surface area contributed by atoms with Crippen LogP contribution >= 0.6 is 0 Å². The first-order valence-electron chi connectivity index (χ1n) is 8.94. The molecule has 4 heteroatoms.